The lowest BCUT2D eigenvalue weighted by molar-refractivity contribution is 0.445. The van der Waals surface area contributed by atoms with Crippen molar-refractivity contribution in [3.63, 3.8) is 0 Å². The Morgan fingerprint density at radius 3 is 1.97 bits per heavy atom. The number of nitrogens with zero attached hydrogens (tertiary/aromatic N) is 1. The maximum absolute atomic E-state index is 10.9. The summed E-state index contributed by atoms with van der Waals surface area (Å²) in [5.41, 5.74) is 2.75. The van der Waals surface area contributed by atoms with Crippen LogP contribution in [0, 0.1) is 19.8 Å². The van der Waals surface area contributed by atoms with E-state index in [1.807, 2.05) is 38.1 Å². The van der Waals surface area contributed by atoms with Gasteiger partial charge in [0.05, 0.1) is 10.1 Å². The van der Waals surface area contributed by atoms with Gasteiger partial charge in [0, 0.05) is 6.92 Å². The topological polar surface area (TPSA) is 141 Å². The summed E-state index contributed by atoms with van der Waals surface area (Å²) in [6, 6.07) is 13.7. The first-order chi connectivity index (χ1) is 15.3. The number of hydrogen-bond acceptors (Lipinski definition) is 6. The Morgan fingerprint density at radius 2 is 1.52 bits per heavy atom. The highest BCUT2D eigenvalue weighted by Crippen LogP contribution is 2.17. The molecule has 0 aliphatic rings. The highest BCUT2D eigenvalue weighted by atomic mass is 32.2. The van der Waals surface area contributed by atoms with Crippen LogP contribution in [0.3, 0.4) is 0 Å². The molecule has 8 nitrogen and oxygen atoms in total. The molecule has 0 saturated heterocycles. The molecule has 0 aliphatic carbocycles. The van der Waals surface area contributed by atoms with Gasteiger partial charge in [-0.1, -0.05) is 56.5 Å². The molecule has 10 heteroatoms. The van der Waals surface area contributed by atoms with Gasteiger partial charge in [-0.15, -0.1) is 0 Å². The number of aromatic nitrogens is 1. The smallest absolute Gasteiger partial charge is 0.294 e. The molecule has 0 radical (unpaired) electrons. The van der Waals surface area contributed by atoms with Gasteiger partial charge in [-0.2, -0.15) is 8.42 Å². The first-order valence-electron chi connectivity index (χ1n) is 10.7. The zero-order valence-electron chi connectivity index (χ0n) is 19.7. The van der Waals surface area contributed by atoms with Crippen molar-refractivity contribution in [2.24, 2.45) is 11.1 Å². The quantitative estimate of drug-likeness (QED) is 0.462. The number of sulfonamides is 1. The fourth-order valence-electron chi connectivity index (χ4n) is 2.92. The van der Waals surface area contributed by atoms with E-state index in [0.29, 0.717) is 12.3 Å². The van der Waals surface area contributed by atoms with E-state index in [4.69, 9.17) is 14.1 Å². The maximum atomic E-state index is 10.9. The van der Waals surface area contributed by atoms with E-state index in [-0.39, 0.29) is 4.90 Å². The van der Waals surface area contributed by atoms with Crippen LogP contribution in [0.5, 0.6) is 0 Å². The van der Waals surface area contributed by atoms with E-state index in [1.54, 1.807) is 19.1 Å². The standard InChI is InChI=1S/C8H19NO2S.C8H7NO.C7H8O3S/c1-4-8(5-2)6-7(3)12(9,10)11;1-6-9-7-4-2-3-5-8(7)10-6;1-6-2-4-7(5-3-6)11(8,9)10/h7-8H,4-6H2,1-3H3,(H2,9,10,11);2-5H,1H3;2-5H,1H3,(H,8,9,10). The predicted octanol–water partition coefficient (Wildman–Crippen LogP) is 4.87. The van der Waals surface area contributed by atoms with Gasteiger partial charge in [-0.25, -0.2) is 18.5 Å². The highest BCUT2D eigenvalue weighted by Gasteiger charge is 2.18. The number of aryl methyl sites for hydroxylation is 2. The summed E-state index contributed by atoms with van der Waals surface area (Å²) >= 11 is 0. The van der Waals surface area contributed by atoms with Crippen molar-refractivity contribution >= 4 is 31.2 Å². The largest absolute Gasteiger partial charge is 0.441 e. The summed E-state index contributed by atoms with van der Waals surface area (Å²) in [5.74, 6) is 1.21. The number of nitrogens with two attached hydrogens (primary N) is 1. The van der Waals surface area contributed by atoms with Gasteiger partial charge >= 0.3 is 0 Å². The molecule has 1 aromatic heterocycles. The Kier molecular flexibility index (Phi) is 11.2. The van der Waals surface area contributed by atoms with E-state index >= 15 is 0 Å². The van der Waals surface area contributed by atoms with Gasteiger partial charge in [0.1, 0.15) is 5.52 Å². The lowest BCUT2D eigenvalue weighted by Crippen LogP contribution is -2.27. The third kappa shape index (κ3) is 10.5. The molecule has 0 bridgehead atoms. The van der Waals surface area contributed by atoms with Gasteiger partial charge < -0.3 is 4.42 Å². The average Bonchev–Trinajstić information content (AvgIpc) is 3.11. The molecule has 2 aromatic carbocycles. The van der Waals surface area contributed by atoms with Crippen LogP contribution in [0.1, 0.15) is 51.5 Å². The monoisotopic (exact) mass is 498 g/mol. The molecule has 3 rings (SSSR count). The van der Waals surface area contributed by atoms with Crippen LogP contribution in [-0.2, 0) is 20.1 Å². The molecule has 3 N–H and O–H groups in total. The van der Waals surface area contributed by atoms with Crippen molar-refractivity contribution in [3.8, 4) is 0 Å². The number of fused-ring (bicyclic) bond motifs is 1. The first-order valence-corrected chi connectivity index (χ1v) is 13.7. The summed E-state index contributed by atoms with van der Waals surface area (Å²) in [4.78, 5) is 4.08. The maximum Gasteiger partial charge on any atom is 0.294 e. The average molecular weight is 499 g/mol. The van der Waals surface area contributed by atoms with E-state index in [9.17, 15) is 16.8 Å². The Morgan fingerprint density at radius 1 is 0.970 bits per heavy atom. The Balaban J connectivity index is 0.000000248. The van der Waals surface area contributed by atoms with Gasteiger partial charge in [-0.05, 0) is 50.5 Å². The molecule has 0 spiro atoms. The first kappa shape index (κ1) is 28.8. The van der Waals surface area contributed by atoms with Crippen LogP contribution >= 0.6 is 0 Å². The van der Waals surface area contributed by atoms with E-state index in [0.717, 1.165) is 35.4 Å². The number of para-hydroxylation sites is 2. The van der Waals surface area contributed by atoms with Crippen molar-refractivity contribution in [2.45, 2.75) is 64.0 Å². The molecule has 33 heavy (non-hydrogen) atoms. The molecule has 1 heterocycles. The molecule has 0 aliphatic heterocycles. The second-order valence-electron chi connectivity index (χ2n) is 7.81. The van der Waals surface area contributed by atoms with Crippen molar-refractivity contribution in [1.29, 1.82) is 0 Å². The summed E-state index contributed by atoms with van der Waals surface area (Å²) in [6.07, 6.45) is 2.73. The van der Waals surface area contributed by atoms with Crippen LogP contribution in [0.2, 0.25) is 0 Å². The summed E-state index contributed by atoms with van der Waals surface area (Å²) < 4.78 is 56.6. The Hall–Kier alpha value is -2.27. The zero-order valence-corrected chi connectivity index (χ0v) is 21.4. The number of rotatable bonds is 6. The molecular weight excluding hydrogens is 464 g/mol. The minimum atomic E-state index is -4.02. The van der Waals surface area contributed by atoms with Crippen molar-refractivity contribution in [3.05, 3.63) is 60.0 Å². The molecule has 0 saturated carbocycles. The predicted molar refractivity (Wildman–Crippen MR) is 131 cm³/mol. The van der Waals surface area contributed by atoms with E-state index in [1.165, 1.54) is 12.1 Å². The van der Waals surface area contributed by atoms with Crippen LogP contribution in [-0.4, -0.2) is 31.6 Å². The van der Waals surface area contributed by atoms with Crippen molar-refractivity contribution in [2.75, 3.05) is 0 Å². The summed E-state index contributed by atoms with van der Waals surface area (Å²) in [7, 11) is -7.34. The lowest BCUT2D eigenvalue weighted by Gasteiger charge is -2.16. The van der Waals surface area contributed by atoms with E-state index in [2.05, 4.69) is 18.8 Å². The second-order valence-corrected chi connectivity index (χ2v) is 11.2. The van der Waals surface area contributed by atoms with Crippen LogP contribution in [0.25, 0.3) is 11.1 Å². The van der Waals surface area contributed by atoms with Crippen molar-refractivity contribution < 1.29 is 25.8 Å². The lowest BCUT2D eigenvalue weighted by atomic mass is 9.98. The van der Waals surface area contributed by atoms with E-state index < -0.39 is 25.4 Å². The molecule has 1 unspecified atom stereocenters. The molecule has 184 valence electrons. The van der Waals surface area contributed by atoms with Crippen LogP contribution < -0.4 is 5.14 Å². The third-order valence-corrected chi connectivity index (χ3v) is 7.28. The summed E-state index contributed by atoms with van der Waals surface area (Å²) in [5, 5.41) is 4.61. The Bertz CT molecular complexity index is 1170. The molecule has 0 amide bonds. The highest BCUT2D eigenvalue weighted by molar-refractivity contribution is 7.89. The van der Waals surface area contributed by atoms with Gasteiger partial charge in [0.25, 0.3) is 10.1 Å². The number of benzene rings is 2. The van der Waals surface area contributed by atoms with Gasteiger partial charge in [0.15, 0.2) is 11.5 Å². The van der Waals surface area contributed by atoms with Crippen LogP contribution in [0.4, 0.5) is 0 Å². The fourth-order valence-corrected chi connectivity index (χ4v) is 3.94. The van der Waals surface area contributed by atoms with Crippen LogP contribution in [0.15, 0.2) is 57.8 Å². The van der Waals surface area contributed by atoms with Gasteiger partial charge in [-0.3, -0.25) is 4.55 Å². The Labute approximate surface area is 197 Å². The summed E-state index contributed by atoms with van der Waals surface area (Å²) in [6.45, 7) is 9.51. The molecule has 3 aromatic rings. The number of hydrogen-bond donors (Lipinski definition) is 2. The molecule has 0 fully saturated rings. The zero-order chi connectivity index (χ0) is 25.2. The normalized spacial score (nSPS) is 12.5. The van der Waals surface area contributed by atoms with Crippen molar-refractivity contribution in [1.82, 2.24) is 4.98 Å². The second kappa shape index (κ2) is 12.8. The number of oxazole rings is 1. The SMILES string of the molecule is CCC(CC)CC(C)S(N)(=O)=O.Cc1ccc(S(=O)(=O)O)cc1.Cc1nc2ccccc2o1. The minimum Gasteiger partial charge on any atom is -0.441 e. The fraction of sp³-hybridized carbons (Fsp3) is 0.435. The minimum absolute atomic E-state index is 0.0666. The van der Waals surface area contributed by atoms with Gasteiger partial charge in [0.2, 0.25) is 10.0 Å². The molecular formula is C23H34N2O6S2. The number of primary sulfonamides is 1. The molecule has 1 atom stereocenters. The third-order valence-electron chi connectivity index (χ3n) is 5.10.